The maximum absolute atomic E-state index is 12.9. The molecular weight excluding hydrogens is 377 g/mol. The zero-order valence-electron chi connectivity index (χ0n) is 14.3. The first kappa shape index (κ1) is 18.1. The molecule has 9 heteroatoms. The highest BCUT2D eigenvalue weighted by molar-refractivity contribution is 7.13. The van der Waals surface area contributed by atoms with Crippen LogP contribution < -0.4 is 5.73 Å². The van der Waals surface area contributed by atoms with Gasteiger partial charge >= 0.3 is 6.18 Å². The lowest BCUT2D eigenvalue weighted by atomic mass is 9.99. The van der Waals surface area contributed by atoms with Crippen LogP contribution in [0.4, 0.5) is 13.2 Å². The van der Waals surface area contributed by atoms with Crippen molar-refractivity contribution < 1.29 is 17.7 Å². The zero-order valence-corrected chi connectivity index (χ0v) is 15.1. The molecular formula is C18H17F3N4OS. The summed E-state index contributed by atoms with van der Waals surface area (Å²) in [4.78, 5) is 8.82. The number of aromatic nitrogens is 3. The van der Waals surface area contributed by atoms with Crippen LogP contribution in [0.25, 0.3) is 10.6 Å². The molecule has 0 aliphatic heterocycles. The number of benzene rings is 1. The van der Waals surface area contributed by atoms with Crippen molar-refractivity contribution in [2.24, 2.45) is 5.73 Å². The van der Waals surface area contributed by atoms with Gasteiger partial charge in [-0.3, -0.25) is 0 Å². The quantitative estimate of drug-likeness (QED) is 0.703. The lowest BCUT2D eigenvalue weighted by Crippen LogP contribution is -2.34. The first-order valence-electron chi connectivity index (χ1n) is 8.57. The molecule has 0 atom stereocenters. The van der Waals surface area contributed by atoms with Crippen LogP contribution in [-0.2, 0) is 18.1 Å². The Morgan fingerprint density at radius 2 is 1.96 bits per heavy atom. The zero-order chi connectivity index (χ0) is 19.1. The Hall–Kier alpha value is -2.26. The smallest absolute Gasteiger partial charge is 0.339 e. The molecule has 3 aromatic rings. The number of hydrogen-bond donors (Lipinski definition) is 1. The molecule has 4 rings (SSSR count). The Labute approximate surface area is 157 Å². The third-order valence-corrected chi connectivity index (χ3v) is 5.67. The molecule has 142 valence electrons. The average molecular weight is 394 g/mol. The van der Waals surface area contributed by atoms with Gasteiger partial charge in [-0.15, -0.1) is 11.3 Å². The van der Waals surface area contributed by atoms with Gasteiger partial charge in [0.1, 0.15) is 5.01 Å². The number of nitrogens with two attached hydrogens (primary N) is 1. The van der Waals surface area contributed by atoms with Gasteiger partial charge < -0.3 is 10.3 Å². The SMILES string of the molecule is NC1(c2noc(Cc3csc(-c4cccc(C(F)(F)F)c4)n3)n2)CCCC1. The van der Waals surface area contributed by atoms with E-state index in [1.807, 2.05) is 0 Å². The van der Waals surface area contributed by atoms with Gasteiger partial charge in [-0.1, -0.05) is 30.1 Å². The molecule has 0 amide bonds. The van der Waals surface area contributed by atoms with Crippen LogP contribution in [0.2, 0.25) is 0 Å². The van der Waals surface area contributed by atoms with Gasteiger partial charge in [-0.05, 0) is 25.0 Å². The maximum atomic E-state index is 12.9. The van der Waals surface area contributed by atoms with Crippen LogP contribution in [0.5, 0.6) is 0 Å². The fraction of sp³-hybridized carbons (Fsp3) is 0.389. The lowest BCUT2D eigenvalue weighted by molar-refractivity contribution is -0.137. The van der Waals surface area contributed by atoms with Crippen molar-refractivity contribution in [3.8, 4) is 10.6 Å². The number of alkyl halides is 3. The fourth-order valence-electron chi connectivity index (χ4n) is 3.26. The van der Waals surface area contributed by atoms with Gasteiger partial charge in [0.05, 0.1) is 23.2 Å². The van der Waals surface area contributed by atoms with Gasteiger partial charge in [0.25, 0.3) is 0 Å². The molecule has 0 unspecified atom stereocenters. The van der Waals surface area contributed by atoms with Crippen molar-refractivity contribution in [3.63, 3.8) is 0 Å². The Morgan fingerprint density at radius 3 is 2.70 bits per heavy atom. The summed E-state index contributed by atoms with van der Waals surface area (Å²) in [7, 11) is 0. The van der Waals surface area contributed by atoms with E-state index in [1.165, 1.54) is 17.4 Å². The molecule has 2 aromatic heterocycles. The summed E-state index contributed by atoms with van der Waals surface area (Å²) in [5.74, 6) is 0.922. The minimum atomic E-state index is -4.38. The highest BCUT2D eigenvalue weighted by Crippen LogP contribution is 2.35. The largest absolute Gasteiger partial charge is 0.416 e. The molecule has 0 radical (unpaired) electrons. The normalized spacial score (nSPS) is 16.7. The van der Waals surface area contributed by atoms with Crippen molar-refractivity contribution in [3.05, 3.63) is 52.6 Å². The summed E-state index contributed by atoms with van der Waals surface area (Å²) in [6, 6.07) is 5.14. The molecule has 1 aromatic carbocycles. The van der Waals surface area contributed by atoms with Gasteiger partial charge in [0.2, 0.25) is 5.89 Å². The van der Waals surface area contributed by atoms with Crippen molar-refractivity contribution in [2.75, 3.05) is 0 Å². The van der Waals surface area contributed by atoms with E-state index in [4.69, 9.17) is 10.3 Å². The minimum Gasteiger partial charge on any atom is -0.339 e. The predicted molar refractivity (Wildman–Crippen MR) is 94.0 cm³/mol. The molecule has 5 nitrogen and oxygen atoms in total. The predicted octanol–water partition coefficient (Wildman–Crippen LogP) is 4.53. The number of rotatable bonds is 4. The molecule has 1 aliphatic rings. The first-order valence-corrected chi connectivity index (χ1v) is 9.45. The fourth-order valence-corrected chi connectivity index (χ4v) is 4.08. The number of thiazole rings is 1. The molecule has 0 spiro atoms. The number of hydrogen-bond acceptors (Lipinski definition) is 6. The Morgan fingerprint density at radius 1 is 1.19 bits per heavy atom. The van der Waals surface area contributed by atoms with Crippen LogP contribution in [-0.4, -0.2) is 15.1 Å². The van der Waals surface area contributed by atoms with Gasteiger partial charge in [-0.2, -0.15) is 18.2 Å². The summed E-state index contributed by atoms with van der Waals surface area (Å²) in [5.41, 5.74) is 6.21. The molecule has 1 fully saturated rings. The molecule has 2 heterocycles. The van der Waals surface area contributed by atoms with Crippen molar-refractivity contribution in [2.45, 2.75) is 43.8 Å². The van der Waals surface area contributed by atoms with Crippen LogP contribution in [0, 0.1) is 0 Å². The number of nitrogens with zero attached hydrogens (tertiary/aromatic N) is 3. The molecule has 27 heavy (non-hydrogen) atoms. The maximum Gasteiger partial charge on any atom is 0.416 e. The molecule has 2 N–H and O–H groups in total. The van der Waals surface area contributed by atoms with Crippen LogP contribution in [0.1, 0.15) is 48.7 Å². The molecule has 1 aliphatic carbocycles. The summed E-state index contributed by atoms with van der Waals surface area (Å²) in [6.07, 6.45) is -0.294. The van der Waals surface area contributed by atoms with Gasteiger partial charge in [0, 0.05) is 10.9 Å². The summed E-state index contributed by atoms with van der Waals surface area (Å²) in [6.45, 7) is 0. The van der Waals surface area contributed by atoms with Crippen molar-refractivity contribution >= 4 is 11.3 Å². The van der Waals surface area contributed by atoms with Gasteiger partial charge in [0.15, 0.2) is 5.82 Å². The second-order valence-corrected chi connectivity index (χ2v) is 7.63. The molecule has 0 bridgehead atoms. The second-order valence-electron chi connectivity index (χ2n) is 6.77. The third-order valence-electron chi connectivity index (χ3n) is 4.73. The Bertz CT molecular complexity index is 944. The second kappa shape index (κ2) is 6.72. The monoisotopic (exact) mass is 394 g/mol. The summed E-state index contributed by atoms with van der Waals surface area (Å²) < 4.78 is 43.9. The summed E-state index contributed by atoms with van der Waals surface area (Å²) >= 11 is 1.28. The minimum absolute atomic E-state index is 0.318. The third kappa shape index (κ3) is 3.74. The van der Waals surface area contributed by atoms with Crippen molar-refractivity contribution in [1.29, 1.82) is 0 Å². The Kier molecular flexibility index (Phi) is 4.51. The van der Waals surface area contributed by atoms with E-state index in [-0.39, 0.29) is 0 Å². The van der Waals surface area contributed by atoms with Gasteiger partial charge in [-0.25, -0.2) is 4.98 Å². The molecule has 1 saturated carbocycles. The lowest BCUT2D eigenvalue weighted by Gasteiger charge is -2.17. The van der Waals surface area contributed by atoms with E-state index in [0.29, 0.717) is 34.4 Å². The van der Waals surface area contributed by atoms with E-state index in [1.54, 1.807) is 11.4 Å². The van der Waals surface area contributed by atoms with Crippen LogP contribution in [0.15, 0.2) is 34.2 Å². The number of halogens is 3. The Balaban J connectivity index is 1.51. The van der Waals surface area contributed by atoms with Crippen LogP contribution in [0.3, 0.4) is 0 Å². The van der Waals surface area contributed by atoms with E-state index < -0.39 is 17.3 Å². The first-order chi connectivity index (χ1) is 12.8. The van der Waals surface area contributed by atoms with Crippen LogP contribution >= 0.6 is 11.3 Å². The average Bonchev–Trinajstić information content (AvgIpc) is 3.36. The van der Waals surface area contributed by atoms with E-state index in [9.17, 15) is 13.2 Å². The highest BCUT2D eigenvalue weighted by Gasteiger charge is 2.36. The topological polar surface area (TPSA) is 77.8 Å². The standard InChI is InChI=1S/C18H17F3N4OS/c19-18(20,21)12-5-3-4-11(8-12)15-23-13(10-27-15)9-14-24-16(25-26-14)17(22)6-1-2-7-17/h3-5,8,10H,1-2,6-7,9,22H2. The summed E-state index contributed by atoms with van der Waals surface area (Å²) in [5, 5.41) is 6.31. The highest BCUT2D eigenvalue weighted by atomic mass is 32.1. The van der Waals surface area contributed by atoms with E-state index >= 15 is 0 Å². The van der Waals surface area contributed by atoms with E-state index in [2.05, 4.69) is 15.1 Å². The molecule has 0 saturated heterocycles. The van der Waals surface area contributed by atoms with Crippen molar-refractivity contribution in [1.82, 2.24) is 15.1 Å². The van der Waals surface area contributed by atoms with E-state index in [0.717, 1.165) is 37.8 Å².